The number of hydrogen-bond acceptors (Lipinski definition) is 5. The van der Waals surface area contributed by atoms with Crippen LogP contribution >= 0.6 is 23.2 Å². The van der Waals surface area contributed by atoms with Crippen molar-refractivity contribution in [1.29, 1.82) is 0 Å². The summed E-state index contributed by atoms with van der Waals surface area (Å²) in [6.45, 7) is 7.02. The van der Waals surface area contributed by atoms with Crippen LogP contribution in [0.15, 0.2) is 24.4 Å². The van der Waals surface area contributed by atoms with Gasteiger partial charge in [-0.1, -0.05) is 29.3 Å². The minimum atomic E-state index is -1.20. The van der Waals surface area contributed by atoms with Crippen LogP contribution < -0.4 is 0 Å². The first-order chi connectivity index (χ1) is 14.4. The normalized spacial score (nSPS) is 11.7. The van der Waals surface area contributed by atoms with Crippen LogP contribution in [-0.2, 0) is 16.1 Å². The number of aromatic carboxylic acids is 1. The number of carboxylic acids is 1. The van der Waals surface area contributed by atoms with Gasteiger partial charge in [-0.05, 0) is 39.8 Å². The van der Waals surface area contributed by atoms with E-state index in [0.29, 0.717) is 16.1 Å². The Balaban J connectivity index is 2.16. The van der Waals surface area contributed by atoms with Crippen LogP contribution in [0.4, 0.5) is 0 Å². The van der Waals surface area contributed by atoms with Crippen molar-refractivity contribution in [1.82, 2.24) is 9.55 Å². The number of carbonyl (C=O) groups is 2. The van der Waals surface area contributed by atoms with Crippen molar-refractivity contribution in [3.05, 3.63) is 45.7 Å². The topological polar surface area (TPSA) is 102 Å². The number of ether oxygens (including phenoxy) is 1. The molecule has 0 aliphatic rings. The van der Waals surface area contributed by atoms with Gasteiger partial charge in [0.25, 0.3) is 0 Å². The smallest absolute Gasteiger partial charge is 0.338 e. The van der Waals surface area contributed by atoms with Gasteiger partial charge >= 0.3 is 11.9 Å². The number of aromatic hydroxyl groups is 1. The Kier molecular flexibility index (Phi) is 6.21. The van der Waals surface area contributed by atoms with E-state index in [9.17, 15) is 19.8 Å². The number of fused-ring (bicyclic) bond motifs is 1. The molecule has 3 rings (SSSR count). The molecule has 3 aromatic rings. The largest absolute Gasteiger partial charge is 0.494 e. The summed E-state index contributed by atoms with van der Waals surface area (Å²) in [6.07, 6.45) is 1.59. The molecule has 164 valence electrons. The van der Waals surface area contributed by atoms with Crippen LogP contribution in [0.1, 0.15) is 43.2 Å². The number of carbonyl (C=O) groups excluding carboxylic acids is 1. The van der Waals surface area contributed by atoms with Crippen molar-refractivity contribution in [2.24, 2.45) is 0 Å². The monoisotopic (exact) mass is 464 g/mol. The standard InChI is InChI=1S/C22H22Cl2N2O5/c1-11-17(21(29)30)18(13-6-5-12(23)9-14(13)24)19-15(25-11)10-26(20(19)28)8-7-16(27)31-22(2,3)4/h5-6,9-10,28H,7-8H2,1-4H3,(H,29,30). The van der Waals surface area contributed by atoms with Crippen molar-refractivity contribution in [3.8, 4) is 17.0 Å². The van der Waals surface area contributed by atoms with E-state index in [1.807, 2.05) is 0 Å². The zero-order valence-electron chi connectivity index (χ0n) is 17.5. The number of halogens is 2. The molecule has 0 aliphatic carbocycles. The maximum atomic E-state index is 12.1. The minimum Gasteiger partial charge on any atom is -0.494 e. The van der Waals surface area contributed by atoms with Crippen molar-refractivity contribution in [2.45, 2.75) is 46.3 Å². The number of hydrogen-bond donors (Lipinski definition) is 2. The molecule has 0 saturated heterocycles. The van der Waals surface area contributed by atoms with Gasteiger partial charge in [-0.3, -0.25) is 9.78 Å². The number of nitrogens with zero attached hydrogens (tertiary/aromatic N) is 2. The molecule has 2 aromatic heterocycles. The van der Waals surface area contributed by atoms with Gasteiger partial charge in [0.1, 0.15) is 5.60 Å². The molecule has 7 nitrogen and oxygen atoms in total. The van der Waals surface area contributed by atoms with E-state index in [-0.39, 0.29) is 46.1 Å². The van der Waals surface area contributed by atoms with Crippen molar-refractivity contribution in [3.63, 3.8) is 0 Å². The van der Waals surface area contributed by atoms with E-state index in [4.69, 9.17) is 27.9 Å². The van der Waals surface area contributed by atoms with Crippen LogP contribution in [0.5, 0.6) is 5.88 Å². The molecular formula is C22H22Cl2N2O5. The molecule has 0 spiro atoms. The first-order valence-corrected chi connectivity index (χ1v) is 10.3. The minimum absolute atomic E-state index is 0.0215. The van der Waals surface area contributed by atoms with Crippen LogP contribution in [0.25, 0.3) is 22.0 Å². The second kappa shape index (κ2) is 8.40. The lowest BCUT2D eigenvalue weighted by Gasteiger charge is -2.19. The van der Waals surface area contributed by atoms with E-state index >= 15 is 0 Å². The van der Waals surface area contributed by atoms with Gasteiger partial charge in [0.15, 0.2) is 0 Å². The van der Waals surface area contributed by atoms with Gasteiger partial charge in [0.2, 0.25) is 5.88 Å². The SMILES string of the molecule is Cc1nc2cn(CCC(=O)OC(C)(C)C)c(O)c2c(-c2ccc(Cl)cc2Cl)c1C(=O)O. The van der Waals surface area contributed by atoms with Gasteiger partial charge < -0.3 is 19.5 Å². The van der Waals surface area contributed by atoms with Crippen molar-refractivity contribution < 1.29 is 24.5 Å². The summed E-state index contributed by atoms with van der Waals surface area (Å²) in [7, 11) is 0. The molecule has 9 heteroatoms. The Morgan fingerprint density at radius 1 is 1.23 bits per heavy atom. The molecule has 0 aliphatic heterocycles. The number of esters is 1. The van der Waals surface area contributed by atoms with Gasteiger partial charge in [-0.2, -0.15) is 0 Å². The zero-order valence-corrected chi connectivity index (χ0v) is 19.0. The summed E-state index contributed by atoms with van der Waals surface area (Å²) in [5.41, 5.74) is 0.602. The highest BCUT2D eigenvalue weighted by Crippen LogP contribution is 2.42. The second-order valence-electron chi connectivity index (χ2n) is 8.12. The fourth-order valence-electron chi connectivity index (χ4n) is 3.40. The predicted octanol–water partition coefficient (Wildman–Crippen LogP) is 5.45. The number of rotatable bonds is 5. The molecule has 0 fully saturated rings. The zero-order chi connectivity index (χ0) is 23.1. The summed E-state index contributed by atoms with van der Waals surface area (Å²) < 4.78 is 6.75. The quantitative estimate of drug-likeness (QED) is 0.486. The number of benzene rings is 1. The highest BCUT2D eigenvalue weighted by atomic mass is 35.5. The highest BCUT2D eigenvalue weighted by molar-refractivity contribution is 6.37. The van der Waals surface area contributed by atoms with Crippen LogP contribution in [-0.4, -0.2) is 37.3 Å². The van der Waals surface area contributed by atoms with E-state index in [1.54, 1.807) is 46.0 Å². The van der Waals surface area contributed by atoms with E-state index < -0.39 is 17.5 Å². The molecule has 2 N–H and O–H groups in total. The molecule has 2 heterocycles. The Bertz CT molecular complexity index is 1200. The van der Waals surface area contributed by atoms with Gasteiger partial charge in [0.05, 0.1) is 28.6 Å². The Morgan fingerprint density at radius 2 is 1.90 bits per heavy atom. The molecule has 1 aromatic carbocycles. The average molecular weight is 465 g/mol. The molecule has 0 saturated carbocycles. The molecular weight excluding hydrogens is 443 g/mol. The molecule has 0 unspecified atom stereocenters. The lowest BCUT2D eigenvalue weighted by atomic mass is 9.95. The summed E-state index contributed by atoms with van der Waals surface area (Å²) >= 11 is 12.4. The second-order valence-corrected chi connectivity index (χ2v) is 8.96. The summed E-state index contributed by atoms with van der Waals surface area (Å²) in [5, 5.41) is 21.6. The molecule has 0 bridgehead atoms. The fourth-order valence-corrected chi connectivity index (χ4v) is 3.90. The Morgan fingerprint density at radius 3 is 2.48 bits per heavy atom. The van der Waals surface area contributed by atoms with Gasteiger partial charge in [-0.25, -0.2) is 4.79 Å². The Labute approximate surface area is 189 Å². The summed E-state index contributed by atoms with van der Waals surface area (Å²) in [5.74, 6) is -1.83. The first-order valence-electron chi connectivity index (χ1n) is 9.52. The molecule has 0 radical (unpaired) electrons. The lowest BCUT2D eigenvalue weighted by Crippen LogP contribution is -2.24. The highest BCUT2D eigenvalue weighted by Gasteiger charge is 2.26. The van der Waals surface area contributed by atoms with Crippen LogP contribution in [0.2, 0.25) is 10.0 Å². The fraction of sp³-hybridized carbons (Fsp3) is 0.318. The van der Waals surface area contributed by atoms with Crippen LogP contribution in [0, 0.1) is 6.92 Å². The van der Waals surface area contributed by atoms with E-state index in [1.165, 1.54) is 10.6 Å². The third-order valence-electron chi connectivity index (χ3n) is 4.57. The molecule has 0 atom stereocenters. The lowest BCUT2D eigenvalue weighted by molar-refractivity contribution is -0.155. The van der Waals surface area contributed by atoms with Crippen LogP contribution in [0.3, 0.4) is 0 Å². The van der Waals surface area contributed by atoms with Gasteiger partial charge in [0, 0.05) is 33.9 Å². The molecule has 31 heavy (non-hydrogen) atoms. The third-order valence-corrected chi connectivity index (χ3v) is 5.12. The van der Waals surface area contributed by atoms with E-state index in [2.05, 4.69) is 4.98 Å². The van der Waals surface area contributed by atoms with Gasteiger partial charge in [-0.15, -0.1) is 0 Å². The first kappa shape index (κ1) is 22.9. The third kappa shape index (κ3) is 4.78. The summed E-state index contributed by atoms with van der Waals surface area (Å²) in [4.78, 5) is 28.5. The van der Waals surface area contributed by atoms with Crippen molar-refractivity contribution >= 4 is 46.0 Å². The number of aromatic nitrogens is 2. The maximum absolute atomic E-state index is 12.1. The van der Waals surface area contributed by atoms with E-state index in [0.717, 1.165) is 0 Å². The average Bonchev–Trinajstić information content (AvgIpc) is 2.93. The summed E-state index contributed by atoms with van der Waals surface area (Å²) in [6, 6.07) is 4.69. The number of carboxylic acid groups (broad SMARTS) is 1. The number of aryl methyl sites for hydroxylation is 2. The predicted molar refractivity (Wildman–Crippen MR) is 119 cm³/mol. The Hall–Kier alpha value is -2.77. The number of pyridine rings is 1. The molecule has 0 amide bonds. The van der Waals surface area contributed by atoms with Crippen molar-refractivity contribution in [2.75, 3.05) is 0 Å². The maximum Gasteiger partial charge on any atom is 0.338 e.